The highest BCUT2D eigenvalue weighted by molar-refractivity contribution is 8.63. The number of imidazole rings is 1. The summed E-state index contributed by atoms with van der Waals surface area (Å²) in [5.41, 5.74) is 8.01. The molecule has 2 unspecified atom stereocenters. The van der Waals surface area contributed by atoms with Crippen LogP contribution in [-0.2, 0) is 25.5 Å². The molecule has 1 aliphatic carbocycles. The monoisotopic (exact) mass is 628 g/mol. The van der Waals surface area contributed by atoms with Crippen LogP contribution in [0.15, 0.2) is 24.8 Å². The van der Waals surface area contributed by atoms with Crippen LogP contribution in [0.25, 0.3) is 11.2 Å². The first-order valence-electron chi connectivity index (χ1n) is 13.6. The Balaban J connectivity index is 1.51. The van der Waals surface area contributed by atoms with Gasteiger partial charge < -0.3 is 25.1 Å². The number of rotatable bonds is 9. The quantitative estimate of drug-likeness (QED) is 0.195. The van der Waals surface area contributed by atoms with Gasteiger partial charge in [0.15, 0.2) is 26.0 Å². The van der Waals surface area contributed by atoms with Gasteiger partial charge >= 0.3 is 6.13 Å². The Morgan fingerprint density at radius 2 is 2.05 bits per heavy atom. The molecule has 0 amide bonds. The minimum atomic E-state index is -2.29. The van der Waals surface area contributed by atoms with Gasteiger partial charge in [0.25, 0.3) is 0 Å². The number of ether oxygens (including phenoxy) is 1. The second kappa shape index (κ2) is 11.9. The number of hydrogen-bond donors (Lipinski definition) is 3. The first-order chi connectivity index (χ1) is 18.5. The van der Waals surface area contributed by atoms with Crippen LogP contribution in [0.1, 0.15) is 60.1 Å². The molecule has 0 aromatic carbocycles. The molecule has 10 nitrogen and oxygen atoms in total. The predicted molar refractivity (Wildman–Crippen MR) is 166 cm³/mol. The van der Waals surface area contributed by atoms with Crippen molar-refractivity contribution >= 4 is 54.6 Å². The Morgan fingerprint density at radius 3 is 2.67 bits per heavy atom. The number of aromatic nitrogens is 4. The van der Waals surface area contributed by atoms with Crippen molar-refractivity contribution in [3.05, 3.63) is 24.8 Å². The van der Waals surface area contributed by atoms with Crippen LogP contribution < -0.4 is 5.73 Å². The predicted octanol–water partition coefficient (Wildman–Crippen LogP) is 5.08. The number of aliphatic hydroxyl groups is 2. The third-order valence-electron chi connectivity index (χ3n) is 8.73. The van der Waals surface area contributed by atoms with Gasteiger partial charge in [-0.2, -0.15) is 4.52 Å². The van der Waals surface area contributed by atoms with Gasteiger partial charge in [-0.05, 0) is 57.2 Å². The molecule has 2 fully saturated rings. The van der Waals surface area contributed by atoms with Gasteiger partial charge in [0.2, 0.25) is 11.8 Å². The number of aliphatic hydroxyl groups excluding tert-OH is 2. The van der Waals surface area contributed by atoms with Gasteiger partial charge in [0.1, 0.15) is 48.1 Å². The number of allylic oxidation sites excluding steroid dienone is 1. The van der Waals surface area contributed by atoms with Crippen molar-refractivity contribution < 1.29 is 23.9 Å². The fourth-order valence-electron chi connectivity index (χ4n) is 4.95. The lowest BCUT2D eigenvalue weighted by atomic mass is 9.77. The summed E-state index contributed by atoms with van der Waals surface area (Å²) in [5, 5.41) is 22.4. The summed E-state index contributed by atoms with van der Waals surface area (Å²) in [6.07, 6.45) is 0.558. The zero-order chi connectivity index (χ0) is 29.6. The van der Waals surface area contributed by atoms with Crippen molar-refractivity contribution in [1.82, 2.24) is 19.5 Å². The molecular weight excluding hydrogens is 586 g/mol. The van der Waals surface area contributed by atoms with Gasteiger partial charge in [-0.25, -0.2) is 15.0 Å². The lowest BCUT2D eigenvalue weighted by Gasteiger charge is -2.39. The average Bonchev–Trinajstić information content (AvgIpc) is 3.40. The zero-order valence-electron chi connectivity index (χ0n) is 24.4. The highest BCUT2D eigenvalue weighted by Crippen LogP contribution is 2.55. The zero-order valence-corrected chi connectivity index (χ0v) is 27.9. The lowest BCUT2D eigenvalue weighted by molar-refractivity contribution is -0.0455. The molecule has 1 saturated carbocycles. The van der Waals surface area contributed by atoms with Crippen LogP contribution >= 0.6 is 17.5 Å². The largest absolute Gasteiger partial charge is 0.415 e. The molecule has 2 aromatic rings. The maximum absolute atomic E-state index is 11.5. The Bertz CT molecular complexity index is 1260. The van der Waals surface area contributed by atoms with E-state index in [1.165, 1.54) is 17.7 Å². The smallest absolute Gasteiger partial charge is 0.408 e. The second-order valence-electron chi connectivity index (χ2n) is 12.7. The number of fused-ring (bicyclic) bond motifs is 1. The molecular formula is C26H43N5O5PS2Si+. The standard InChI is InChI=1S/C26H43N5O5PS2Si/c1-15(2)16-9-10-26(6,18(32)11-16)39-37(38)34-12-17-21(36-40(7,8)25(3,4)5)20(33)24(35-17)31-14-30-19-22(27)28-13-29-23(19)31/h13-14,16-18,20-21,24,32-33H,1,9-12H2,2-8H3,(H2,27,28,29)/q+1/t16-,17+,18+,20+,21?,24+,26+/m0/s1. The van der Waals surface area contributed by atoms with E-state index in [1.807, 2.05) is 6.92 Å². The first kappa shape index (κ1) is 31.9. The van der Waals surface area contributed by atoms with E-state index in [0.717, 1.165) is 18.4 Å². The van der Waals surface area contributed by atoms with E-state index >= 15 is 0 Å². The normalized spacial score (nSPS) is 32.0. The van der Waals surface area contributed by atoms with Crippen molar-refractivity contribution in [2.24, 2.45) is 5.92 Å². The van der Waals surface area contributed by atoms with Crippen LogP contribution in [0.3, 0.4) is 0 Å². The summed E-state index contributed by atoms with van der Waals surface area (Å²) in [6, 6.07) is 0. The molecule has 8 atom stereocenters. The van der Waals surface area contributed by atoms with Crippen LogP contribution in [0, 0.1) is 5.92 Å². The van der Waals surface area contributed by atoms with Crippen LogP contribution in [0.4, 0.5) is 5.82 Å². The Hall–Kier alpha value is -1.02. The van der Waals surface area contributed by atoms with Gasteiger partial charge in [0.05, 0.1) is 17.2 Å². The third kappa shape index (κ3) is 6.47. The molecule has 222 valence electrons. The summed E-state index contributed by atoms with van der Waals surface area (Å²) in [5.74, 6) is 0.589. The van der Waals surface area contributed by atoms with Gasteiger partial charge in [-0.1, -0.05) is 32.9 Å². The maximum atomic E-state index is 11.5. The van der Waals surface area contributed by atoms with E-state index in [2.05, 4.69) is 62.3 Å². The number of hydrogen-bond acceptors (Lipinski definition) is 11. The summed E-state index contributed by atoms with van der Waals surface area (Å²) in [7, 11) is -2.29. The summed E-state index contributed by atoms with van der Waals surface area (Å²) in [4.78, 5) is 12.7. The second-order valence-corrected chi connectivity index (χ2v) is 22.5. The van der Waals surface area contributed by atoms with E-state index in [-0.39, 0.29) is 22.2 Å². The van der Waals surface area contributed by atoms with E-state index in [0.29, 0.717) is 23.5 Å². The average molecular weight is 629 g/mol. The SMILES string of the molecule is C=C(C)[C@H]1CC[C@@](C)(S[P+](=S)OC[C@H]2O[C@@H](n3cnc4c(N)ncnc43)[C@H](O)C2O[Si](C)(C)C(C)(C)C)[C@H](O)C1. The van der Waals surface area contributed by atoms with Crippen LogP contribution in [0.2, 0.25) is 18.1 Å². The molecule has 4 N–H and O–H groups in total. The molecule has 1 saturated heterocycles. The summed E-state index contributed by atoms with van der Waals surface area (Å²) in [6.45, 7) is 19.1. The first-order valence-corrected chi connectivity index (χ1v) is 20.2. The van der Waals surface area contributed by atoms with Gasteiger partial charge in [-0.15, -0.1) is 0 Å². The lowest BCUT2D eigenvalue weighted by Crippen LogP contribution is -2.49. The Labute approximate surface area is 247 Å². The van der Waals surface area contributed by atoms with Crippen molar-refractivity contribution in [1.29, 1.82) is 0 Å². The highest BCUT2D eigenvalue weighted by atomic mass is 32.9. The van der Waals surface area contributed by atoms with Crippen molar-refractivity contribution in [2.45, 2.75) is 107 Å². The van der Waals surface area contributed by atoms with E-state index in [1.54, 1.807) is 10.9 Å². The molecule has 3 heterocycles. The third-order valence-corrected chi connectivity index (χ3v) is 17.6. The number of nitrogen functional groups attached to an aromatic ring is 1. The fourth-order valence-corrected chi connectivity index (χ4v) is 11.1. The summed E-state index contributed by atoms with van der Waals surface area (Å²) < 4.78 is 20.6. The Kier molecular flexibility index (Phi) is 9.51. The maximum Gasteiger partial charge on any atom is 0.415 e. The molecule has 0 spiro atoms. The molecule has 2 aromatic heterocycles. The molecule has 40 heavy (non-hydrogen) atoms. The molecule has 0 radical (unpaired) electrons. The van der Waals surface area contributed by atoms with Crippen molar-refractivity contribution in [3.8, 4) is 0 Å². The highest BCUT2D eigenvalue weighted by Gasteiger charge is 2.52. The molecule has 1 aliphatic heterocycles. The van der Waals surface area contributed by atoms with Crippen LogP contribution in [-0.4, -0.2) is 73.8 Å². The molecule has 14 heteroatoms. The fraction of sp³-hybridized carbons (Fsp3) is 0.731. The molecule has 2 aliphatic rings. The van der Waals surface area contributed by atoms with Crippen molar-refractivity contribution in [2.75, 3.05) is 12.3 Å². The molecule has 0 bridgehead atoms. The minimum Gasteiger partial charge on any atom is -0.408 e. The van der Waals surface area contributed by atoms with Gasteiger partial charge in [-0.3, -0.25) is 4.57 Å². The number of nitrogens with zero attached hydrogens (tertiary/aromatic N) is 4. The summed E-state index contributed by atoms with van der Waals surface area (Å²) >= 11 is 7.29. The Morgan fingerprint density at radius 1 is 1.35 bits per heavy atom. The van der Waals surface area contributed by atoms with Crippen LogP contribution in [0.5, 0.6) is 0 Å². The van der Waals surface area contributed by atoms with E-state index < -0.39 is 45.1 Å². The number of anilines is 1. The van der Waals surface area contributed by atoms with E-state index in [9.17, 15) is 10.2 Å². The molecule has 4 rings (SSSR count). The van der Waals surface area contributed by atoms with E-state index in [4.69, 9.17) is 31.2 Å². The number of nitrogens with two attached hydrogens (primary N) is 1. The van der Waals surface area contributed by atoms with Gasteiger partial charge in [0, 0.05) is 0 Å². The minimum absolute atomic E-state index is 0.0760. The topological polar surface area (TPSA) is 138 Å². The van der Waals surface area contributed by atoms with Crippen molar-refractivity contribution in [3.63, 3.8) is 0 Å².